The summed E-state index contributed by atoms with van der Waals surface area (Å²) in [5.41, 5.74) is -2.08. The highest BCUT2D eigenvalue weighted by molar-refractivity contribution is 7.80. The molecule has 38 heavy (non-hydrogen) atoms. The van der Waals surface area contributed by atoms with Crippen LogP contribution in [0.3, 0.4) is 0 Å². The van der Waals surface area contributed by atoms with E-state index in [0.717, 1.165) is 12.1 Å². The molecular weight excluding hydrogens is 516 g/mol. The van der Waals surface area contributed by atoms with Crippen molar-refractivity contribution in [3.8, 4) is 0 Å². The van der Waals surface area contributed by atoms with Crippen LogP contribution >= 0.6 is 12.2 Å². The number of carbonyl (C=O) groups excluding carboxylic acids is 2. The summed E-state index contributed by atoms with van der Waals surface area (Å²) in [4.78, 5) is 42.7. The molecule has 0 saturated carbocycles. The van der Waals surface area contributed by atoms with Gasteiger partial charge in [0.15, 0.2) is 5.11 Å². The van der Waals surface area contributed by atoms with Crippen LogP contribution in [0.1, 0.15) is 58.0 Å². The second kappa shape index (κ2) is 8.55. The molecule has 0 bridgehead atoms. The molecule has 3 heterocycles. The van der Waals surface area contributed by atoms with Crippen molar-refractivity contribution in [2.75, 3.05) is 4.90 Å². The highest BCUT2D eigenvalue weighted by atomic mass is 32.1. The molecule has 2 N–H and O–H groups in total. The third kappa shape index (κ3) is 4.08. The zero-order chi connectivity index (χ0) is 27.7. The van der Waals surface area contributed by atoms with Gasteiger partial charge in [0.05, 0.1) is 22.8 Å². The van der Waals surface area contributed by atoms with Gasteiger partial charge >= 0.3 is 6.09 Å². The van der Waals surface area contributed by atoms with Crippen LogP contribution in [0.25, 0.3) is 10.8 Å². The van der Waals surface area contributed by atoms with Crippen molar-refractivity contribution >= 4 is 45.8 Å². The normalized spacial score (nSPS) is 20.6. The van der Waals surface area contributed by atoms with Crippen molar-refractivity contribution in [3.63, 3.8) is 0 Å². The van der Waals surface area contributed by atoms with E-state index in [2.05, 4.69) is 15.5 Å². The molecule has 2 amide bonds. The number of benzene rings is 2. The van der Waals surface area contributed by atoms with Gasteiger partial charge < -0.3 is 10.1 Å². The number of nitrogens with one attached hydrogen (secondary N) is 2. The largest absolute Gasteiger partial charge is 0.443 e. The number of rotatable bonds is 2. The molecule has 2 unspecified atom stereocenters. The Hall–Kier alpha value is -3.93. The van der Waals surface area contributed by atoms with Crippen LogP contribution in [0.15, 0.2) is 41.2 Å². The average molecular weight is 542 g/mol. The fraction of sp³-hybridized carbons (Fsp3) is 0.346. The van der Waals surface area contributed by atoms with Crippen molar-refractivity contribution in [2.24, 2.45) is 0 Å². The Bertz CT molecular complexity index is 1560. The van der Waals surface area contributed by atoms with Gasteiger partial charge in [0.25, 0.3) is 11.5 Å². The Morgan fingerprint density at radius 2 is 1.74 bits per heavy atom. The van der Waals surface area contributed by atoms with Crippen LogP contribution in [0.2, 0.25) is 0 Å². The van der Waals surface area contributed by atoms with Crippen LogP contribution in [0.5, 0.6) is 0 Å². The summed E-state index contributed by atoms with van der Waals surface area (Å²) < 4.78 is 34.6. The molecule has 1 aromatic heterocycles. The smallest absolute Gasteiger partial charge is 0.415 e. The SMILES string of the molecule is CC(C)(C)OC(=O)N1c2cc(F)cc3c(=O)[nH]nc(c23)C(N2C(=O)C(C)(C)NC2=S)C1c1ccc(F)cc1. The third-order valence-corrected chi connectivity index (χ3v) is 6.75. The second-order valence-corrected chi connectivity index (χ2v) is 11.2. The lowest BCUT2D eigenvalue weighted by Crippen LogP contribution is -2.50. The van der Waals surface area contributed by atoms with E-state index < -0.39 is 52.4 Å². The Morgan fingerprint density at radius 1 is 1.08 bits per heavy atom. The molecule has 5 rings (SSSR count). The van der Waals surface area contributed by atoms with E-state index in [-0.39, 0.29) is 27.3 Å². The third-order valence-electron chi connectivity index (χ3n) is 6.45. The summed E-state index contributed by atoms with van der Waals surface area (Å²) in [6.07, 6.45) is -0.862. The standard InChI is InChI=1S/C26H25F2N5O4S/c1-25(2,3)37-24(36)32-16-11-14(28)10-15-17(16)18(30-31-21(15)34)20(19(32)12-6-8-13(27)9-7-12)33-22(35)26(4,5)29-23(33)38/h6-11,19-20H,1-5H3,(H,29,38)(H,31,34). The summed E-state index contributed by atoms with van der Waals surface area (Å²) in [6, 6.07) is 5.32. The van der Waals surface area contributed by atoms with Crippen molar-refractivity contribution in [1.29, 1.82) is 0 Å². The predicted octanol–water partition coefficient (Wildman–Crippen LogP) is 4.23. The van der Waals surface area contributed by atoms with Gasteiger partial charge in [-0.3, -0.25) is 19.4 Å². The molecule has 12 heteroatoms. The van der Waals surface area contributed by atoms with E-state index in [9.17, 15) is 23.2 Å². The Balaban J connectivity index is 1.88. The molecule has 1 fully saturated rings. The van der Waals surface area contributed by atoms with Crippen LogP contribution in [0, 0.1) is 11.6 Å². The number of nitrogens with zero attached hydrogens (tertiary/aromatic N) is 3. The van der Waals surface area contributed by atoms with Crippen LogP contribution < -0.4 is 15.8 Å². The number of hydrogen-bond donors (Lipinski definition) is 2. The van der Waals surface area contributed by atoms with E-state index >= 15 is 0 Å². The molecule has 2 aliphatic heterocycles. The number of amides is 2. The molecule has 198 valence electrons. The number of thiocarbonyl (C=S) groups is 1. The molecule has 0 spiro atoms. The molecule has 0 radical (unpaired) electrons. The van der Waals surface area contributed by atoms with Gasteiger partial charge in [0.2, 0.25) is 0 Å². The van der Waals surface area contributed by atoms with Gasteiger partial charge in [0.1, 0.15) is 28.8 Å². The number of aromatic nitrogens is 2. The Morgan fingerprint density at radius 3 is 2.32 bits per heavy atom. The zero-order valence-corrected chi connectivity index (χ0v) is 22.1. The second-order valence-electron chi connectivity index (χ2n) is 10.8. The van der Waals surface area contributed by atoms with E-state index in [1.807, 2.05) is 0 Å². The topological polar surface area (TPSA) is 108 Å². The maximum atomic E-state index is 14.9. The van der Waals surface area contributed by atoms with Gasteiger partial charge in [-0.1, -0.05) is 12.1 Å². The summed E-state index contributed by atoms with van der Waals surface area (Å²) in [5.74, 6) is -1.69. The fourth-order valence-corrected chi connectivity index (χ4v) is 5.37. The lowest BCUT2D eigenvalue weighted by Gasteiger charge is -2.44. The first kappa shape index (κ1) is 25.7. The molecule has 3 aromatic rings. The van der Waals surface area contributed by atoms with E-state index in [1.54, 1.807) is 34.6 Å². The van der Waals surface area contributed by atoms with Gasteiger partial charge in [-0.2, -0.15) is 5.10 Å². The number of H-pyrrole nitrogens is 1. The summed E-state index contributed by atoms with van der Waals surface area (Å²) in [6.45, 7) is 8.33. The quantitative estimate of drug-likeness (QED) is 0.468. The molecule has 2 atom stereocenters. The Labute approximate surface area is 221 Å². The minimum Gasteiger partial charge on any atom is -0.443 e. The highest BCUT2D eigenvalue weighted by Crippen LogP contribution is 2.50. The van der Waals surface area contributed by atoms with Crippen LogP contribution in [0.4, 0.5) is 19.3 Å². The number of carbonyl (C=O) groups is 2. The number of aromatic amines is 1. The van der Waals surface area contributed by atoms with E-state index in [0.29, 0.717) is 5.56 Å². The number of anilines is 1. The average Bonchev–Trinajstić information content (AvgIpc) is 3.00. The molecule has 1 saturated heterocycles. The van der Waals surface area contributed by atoms with Gasteiger partial charge in [0, 0.05) is 5.39 Å². The lowest BCUT2D eigenvalue weighted by molar-refractivity contribution is -0.132. The first-order valence-electron chi connectivity index (χ1n) is 11.8. The molecule has 9 nitrogen and oxygen atoms in total. The van der Waals surface area contributed by atoms with Crippen molar-refractivity contribution in [3.05, 3.63) is 69.6 Å². The molecule has 0 aliphatic carbocycles. The first-order chi connectivity index (χ1) is 17.7. The van der Waals surface area contributed by atoms with Gasteiger partial charge in [-0.25, -0.2) is 18.7 Å². The fourth-order valence-electron chi connectivity index (χ4n) is 4.92. The van der Waals surface area contributed by atoms with Crippen molar-refractivity contribution < 1.29 is 23.1 Å². The minimum atomic E-state index is -1.08. The summed E-state index contributed by atoms with van der Waals surface area (Å²) in [5, 5.41) is 9.83. The number of halogens is 2. The number of hydrogen-bond acceptors (Lipinski definition) is 6. The predicted molar refractivity (Wildman–Crippen MR) is 140 cm³/mol. The van der Waals surface area contributed by atoms with Crippen LogP contribution in [-0.2, 0) is 9.53 Å². The highest BCUT2D eigenvalue weighted by Gasteiger charge is 2.53. The Kier molecular flexibility index (Phi) is 5.78. The molecule has 2 aromatic carbocycles. The minimum absolute atomic E-state index is 0.0261. The first-order valence-corrected chi connectivity index (χ1v) is 12.3. The molecular formula is C26H25F2N5O4S. The van der Waals surface area contributed by atoms with Crippen molar-refractivity contribution in [2.45, 2.75) is 57.8 Å². The number of ether oxygens (including phenoxy) is 1. The summed E-state index contributed by atoms with van der Waals surface area (Å²) in [7, 11) is 0. The maximum Gasteiger partial charge on any atom is 0.415 e. The zero-order valence-electron chi connectivity index (χ0n) is 21.3. The van der Waals surface area contributed by atoms with Gasteiger partial charge in [-0.15, -0.1) is 0 Å². The molecule has 2 aliphatic rings. The van der Waals surface area contributed by atoms with E-state index in [1.165, 1.54) is 34.1 Å². The van der Waals surface area contributed by atoms with E-state index in [4.69, 9.17) is 17.0 Å². The summed E-state index contributed by atoms with van der Waals surface area (Å²) >= 11 is 5.55. The monoisotopic (exact) mass is 541 g/mol. The lowest BCUT2D eigenvalue weighted by atomic mass is 9.86. The van der Waals surface area contributed by atoms with Crippen LogP contribution in [-0.4, -0.2) is 43.4 Å². The van der Waals surface area contributed by atoms with Gasteiger partial charge in [-0.05, 0) is 76.7 Å². The van der Waals surface area contributed by atoms with Crippen molar-refractivity contribution in [1.82, 2.24) is 20.4 Å². The maximum absolute atomic E-state index is 14.9.